The molecule has 1 saturated heterocycles. The molecule has 0 aromatic rings. The van der Waals surface area contributed by atoms with Crippen molar-refractivity contribution in [1.82, 2.24) is 4.90 Å². The molecule has 56 valence electrons. The van der Waals surface area contributed by atoms with Gasteiger partial charge in [-0.1, -0.05) is 0 Å². The van der Waals surface area contributed by atoms with Crippen LogP contribution in [0.1, 0.15) is 12.8 Å². The number of hydrogen-bond donors (Lipinski definition) is 1. The molecule has 3 aliphatic heterocycles. The van der Waals surface area contributed by atoms with Crippen LogP contribution in [0.3, 0.4) is 0 Å². The molecule has 3 heterocycles. The van der Waals surface area contributed by atoms with Gasteiger partial charge in [0.25, 0.3) is 0 Å². The maximum absolute atomic E-state index is 8.92. The van der Waals surface area contributed by atoms with Crippen LogP contribution in [0.5, 0.6) is 0 Å². The van der Waals surface area contributed by atoms with Gasteiger partial charge in [-0.25, -0.2) is 0 Å². The van der Waals surface area contributed by atoms with E-state index in [1.54, 1.807) is 0 Å². The van der Waals surface area contributed by atoms with Crippen molar-refractivity contribution < 1.29 is 5.11 Å². The molecule has 10 heavy (non-hydrogen) atoms. The Morgan fingerprint density at radius 3 is 2.50 bits per heavy atom. The molecule has 2 bridgehead atoms. The Kier molecular flexibility index (Phi) is 1.42. The number of piperidine rings is 1. The van der Waals surface area contributed by atoms with Crippen LogP contribution in [-0.2, 0) is 0 Å². The van der Waals surface area contributed by atoms with Gasteiger partial charge < -0.3 is 10.0 Å². The van der Waals surface area contributed by atoms with Gasteiger partial charge in [0.05, 0.1) is 6.61 Å². The van der Waals surface area contributed by atoms with Crippen molar-refractivity contribution in [3.8, 4) is 0 Å². The summed E-state index contributed by atoms with van der Waals surface area (Å²) in [5, 5.41) is 8.92. The SMILES string of the molecule is OCC1=CN2CCC1CC2. The third kappa shape index (κ3) is 0.833. The van der Waals surface area contributed by atoms with Crippen LogP contribution in [-0.4, -0.2) is 29.7 Å². The second-order valence-corrected chi connectivity index (χ2v) is 3.17. The van der Waals surface area contributed by atoms with E-state index in [0.717, 1.165) is 0 Å². The molecule has 0 aromatic heterocycles. The summed E-state index contributed by atoms with van der Waals surface area (Å²) < 4.78 is 0. The number of nitrogens with zero attached hydrogens (tertiary/aromatic N) is 1. The second kappa shape index (κ2) is 2.27. The third-order valence-corrected chi connectivity index (χ3v) is 2.58. The van der Waals surface area contributed by atoms with Gasteiger partial charge in [0.15, 0.2) is 0 Å². The minimum atomic E-state index is 0.265. The molecule has 0 saturated carbocycles. The number of aliphatic hydroxyl groups is 1. The number of hydrogen-bond acceptors (Lipinski definition) is 2. The highest BCUT2D eigenvalue weighted by Crippen LogP contribution is 2.30. The lowest BCUT2D eigenvalue weighted by molar-refractivity contribution is 0.202. The Morgan fingerprint density at radius 2 is 2.20 bits per heavy atom. The van der Waals surface area contributed by atoms with Gasteiger partial charge in [-0.2, -0.15) is 0 Å². The Bertz CT molecular complexity index is 157. The van der Waals surface area contributed by atoms with E-state index in [9.17, 15) is 0 Å². The van der Waals surface area contributed by atoms with E-state index in [-0.39, 0.29) is 6.61 Å². The summed E-state index contributed by atoms with van der Waals surface area (Å²) in [6, 6.07) is 0. The molecule has 0 atom stereocenters. The van der Waals surface area contributed by atoms with Crippen molar-refractivity contribution >= 4 is 0 Å². The van der Waals surface area contributed by atoms with Crippen molar-refractivity contribution in [3.05, 3.63) is 11.8 Å². The van der Waals surface area contributed by atoms with Crippen LogP contribution in [0.2, 0.25) is 0 Å². The lowest BCUT2D eigenvalue weighted by Gasteiger charge is -2.38. The molecule has 0 radical (unpaired) electrons. The summed E-state index contributed by atoms with van der Waals surface area (Å²) in [4.78, 5) is 2.31. The van der Waals surface area contributed by atoms with Crippen molar-refractivity contribution in [2.75, 3.05) is 19.7 Å². The maximum Gasteiger partial charge on any atom is 0.0661 e. The first-order chi connectivity index (χ1) is 4.90. The molecule has 0 unspecified atom stereocenters. The summed E-state index contributed by atoms with van der Waals surface area (Å²) in [6.07, 6.45) is 4.65. The lowest BCUT2D eigenvalue weighted by atomic mass is 9.86. The minimum absolute atomic E-state index is 0.265. The molecule has 3 aliphatic rings. The Hall–Kier alpha value is -0.500. The van der Waals surface area contributed by atoms with E-state index in [2.05, 4.69) is 11.1 Å². The normalized spacial score (nSPS) is 25.3. The zero-order chi connectivity index (χ0) is 6.97. The fraction of sp³-hybridized carbons (Fsp3) is 0.750. The van der Waals surface area contributed by atoms with Gasteiger partial charge >= 0.3 is 0 Å². The Labute approximate surface area is 61.1 Å². The maximum atomic E-state index is 8.92. The fourth-order valence-electron chi connectivity index (χ4n) is 1.91. The van der Waals surface area contributed by atoms with Gasteiger partial charge in [-0.05, 0) is 24.3 Å². The van der Waals surface area contributed by atoms with Crippen molar-refractivity contribution in [2.45, 2.75) is 12.8 Å². The van der Waals surface area contributed by atoms with Crippen molar-refractivity contribution in [2.24, 2.45) is 5.92 Å². The van der Waals surface area contributed by atoms with Crippen LogP contribution in [0, 0.1) is 5.92 Å². The van der Waals surface area contributed by atoms with E-state index in [1.165, 1.54) is 31.5 Å². The summed E-state index contributed by atoms with van der Waals surface area (Å²) in [7, 11) is 0. The average molecular weight is 139 g/mol. The predicted octanol–water partition coefficient (Wildman–Crippen LogP) is 0.588. The molecule has 1 N–H and O–H groups in total. The quantitative estimate of drug-likeness (QED) is 0.574. The van der Waals surface area contributed by atoms with Gasteiger partial charge in [-0.15, -0.1) is 0 Å². The Morgan fingerprint density at radius 1 is 1.50 bits per heavy atom. The van der Waals surface area contributed by atoms with E-state index >= 15 is 0 Å². The molecule has 0 amide bonds. The number of aliphatic hydroxyl groups excluding tert-OH is 1. The van der Waals surface area contributed by atoms with Gasteiger partial charge in [-0.3, -0.25) is 0 Å². The van der Waals surface area contributed by atoms with E-state index in [0.29, 0.717) is 5.92 Å². The molecular formula is C8H13NO. The highest BCUT2D eigenvalue weighted by Gasteiger charge is 2.25. The molecule has 2 nitrogen and oxygen atoms in total. The number of rotatable bonds is 1. The first-order valence-corrected chi connectivity index (χ1v) is 3.95. The summed E-state index contributed by atoms with van der Waals surface area (Å²) in [5.41, 5.74) is 1.25. The third-order valence-electron chi connectivity index (χ3n) is 2.58. The van der Waals surface area contributed by atoms with E-state index < -0.39 is 0 Å². The lowest BCUT2D eigenvalue weighted by Crippen LogP contribution is -2.36. The first kappa shape index (κ1) is 6.23. The van der Waals surface area contributed by atoms with Crippen LogP contribution < -0.4 is 0 Å². The van der Waals surface area contributed by atoms with E-state index in [4.69, 9.17) is 5.11 Å². The van der Waals surface area contributed by atoms with Crippen molar-refractivity contribution in [1.29, 1.82) is 0 Å². The second-order valence-electron chi connectivity index (χ2n) is 3.17. The van der Waals surface area contributed by atoms with E-state index in [1.807, 2.05) is 0 Å². The summed E-state index contributed by atoms with van der Waals surface area (Å²) in [5.74, 6) is 0.704. The van der Waals surface area contributed by atoms with Crippen LogP contribution in [0.4, 0.5) is 0 Å². The van der Waals surface area contributed by atoms with Crippen LogP contribution in [0.15, 0.2) is 11.8 Å². The first-order valence-electron chi connectivity index (χ1n) is 3.95. The molecule has 0 aromatic carbocycles. The predicted molar refractivity (Wildman–Crippen MR) is 39.5 cm³/mol. The molecule has 3 rings (SSSR count). The summed E-state index contributed by atoms with van der Waals surface area (Å²) in [6.45, 7) is 2.67. The van der Waals surface area contributed by atoms with Gasteiger partial charge in [0.2, 0.25) is 0 Å². The average Bonchev–Trinajstić information content (AvgIpc) is 2.06. The van der Waals surface area contributed by atoms with Crippen LogP contribution >= 0.6 is 0 Å². The standard InChI is InChI=1S/C8H13NO/c10-6-8-5-9-3-1-7(8)2-4-9/h5,7,10H,1-4,6H2. The summed E-state index contributed by atoms with van der Waals surface area (Å²) >= 11 is 0. The fourth-order valence-corrected chi connectivity index (χ4v) is 1.91. The zero-order valence-electron chi connectivity index (χ0n) is 6.08. The Balaban J connectivity index is 2.19. The topological polar surface area (TPSA) is 23.5 Å². The molecule has 0 spiro atoms. The highest BCUT2D eigenvalue weighted by atomic mass is 16.3. The smallest absolute Gasteiger partial charge is 0.0661 e. The van der Waals surface area contributed by atoms with Crippen molar-refractivity contribution in [3.63, 3.8) is 0 Å². The largest absolute Gasteiger partial charge is 0.392 e. The highest BCUT2D eigenvalue weighted by molar-refractivity contribution is 5.13. The molecule has 1 fully saturated rings. The van der Waals surface area contributed by atoms with Gasteiger partial charge in [0, 0.05) is 19.3 Å². The van der Waals surface area contributed by atoms with Gasteiger partial charge in [0.1, 0.15) is 0 Å². The molecule has 0 aliphatic carbocycles. The minimum Gasteiger partial charge on any atom is -0.392 e. The zero-order valence-corrected chi connectivity index (χ0v) is 6.08. The molecular weight excluding hydrogens is 126 g/mol. The molecule has 2 heteroatoms. The van der Waals surface area contributed by atoms with Crippen LogP contribution in [0.25, 0.3) is 0 Å². The monoisotopic (exact) mass is 139 g/mol. The number of fused-ring (bicyclic) bond motifs is 2.